The number of carbonyl (C=O) groups is 1. The second-order valence-corrected chi connectivity index (χ2v) is 7.26. The average molecular weight is 328 g/mol. The molecule has 0 unspecified atom stereocenters. The van der Waals surface area contributed by atoms with E-state index < -0.39 is 0 Å². The van der Waals surface area contributed by atoms with Gasteiger partial charge in [0.15, 0.2) is 0 Å². The number of amides is 1. The second kappa shape index (κ2) is 8.04. The Morgan fingerprint density at radius 1 is 1.17 bits per heavy atom. The van der Waals surface area contributed by atoms with Crippen LogP contribution in [0.3, 0.4) is 0 Å². The van der Waals surface area contributed by atoms with Gasteiger partial charge >= 0.3 is 0 Å². The van der Waals surface area contributed by atoms with Crippen molar-refractivity contribution in [1.29, 1.82) is 0 Å². The van der Waals surface area contributed by atoms with Crippen LogP contribution < -0.4 is 0 Å². The Morgan fingerprint density at radius 2 is 1.92 bits per heavy atom. The predicted molar refractivity (Wildman–Crippen MR) is 93.8 cm³/mol. The summed E-state index contributed by atoms with van der Waals surface area (Å²) < 4.78 is 13.8. The number of pyridine rings is 1. The van der Waals surface area contributed by atoms with Crippen molar-refractivity contribution in [2.75, 3.05) is 6.54 Å². The van der Waals surface area contributed by atoms with Gasteiger partial charge < -0.3 is 4.90 Å². The molecular formula is C20H25FN2O. The first kappa shape index (κ1) is 18.1. The minimum absolute atomic E-state index is 0.0811. The first-order valence-corrected chi connectivity index (χ1v) is 8.25. The molecule has 1 aromatic heterocycles. The molecule has 0 aliphatic carbocycles. The van der Waals surface area contributed by atoms with E-state index in [2.05, 4.69) is 4.98 Å². The van der Waals surface area contributed by atoms with E-state index in [1.807, 2.05) is 39.0 Å². The molecule has 0 radical (unpaired) electrons. The maximum absolute atomic E-state index is 13.8. The fourth-order valence-electron chi connectivity index (χ4n) is 2.53. The van der Waals surface area contributed by atoms with E-state index in [1.165, 1.54) is 6.07 Å². The molecule has 0 spiro atoms. The number of benzene rings is 1. The summed E-state index contributed by atoms with van der Waals surface area (Å²) >= 11 is 0. The molecule has 3 nitrogen and oxygen atoms in total. The summed E-state index contributed by atoms with van der Waals surface area (Å²) in [5.41, 5.74) is 1.54. The molecule has 0 saturated carbocycles. The Morgan fingerprint density at radius 3 is 2.54 bits per heavy atom. The first-order valence-electron chi connectivity index (χ1n) is 8.25. The van der Waals surface area contributed by atoms with E-state index in [0.717, 1.165) is 5.56 Å². The van der Waals surface area contributed by atoms with Gasteiger partial charge in [0.05, 0.1) is 0 Å². The summed E-state index contributed by atoms with van der Waals surface area (Å²) in [5.74, 6) is -0.134. The van der Waals surface area contributed by atoms with Crippen molar-refractivity contribution >= 4 is 5.91 Å². The minimum Gasteiger partial charge on any atom is -0.338 e. The Kier molecular flexibility index (Phi) is 6.07. The van der Waals surface area contributed by atoms with Gasteiger partial charge in [0, 0.05) is 31.9 Å². The third-order valence-corrected chi connectivity index (χ3v) is 3.74. The number of carbonyl (C=O) groups excluding carboxylic acids is 1. The highest BCUT2D eigenvalue weighted by atomic mass is 19.1. The van der Waals surface area contributed by atoms with Crippen LogP contribution in [-0.4, -0.2) is 22.3 Å². The van der Waals surface area contributed by atoms with E-state index in [-0.39, 0.29) is 17.1 Å². The van der Waals surface area contributed by atoms with Crippen LogP contribution in [0.4, 0.5) is 4.39 Å². The van der Waals surface area contributed by atoms with Crippen LogP contribution in [0.2, 0.25) is 0 Å². The largest absolute Gasteiger partial charge is 0.338 e. The summed E-state index contributed by atoms with van der Waals surface area (Å²) in [4.78, 5) is 18.6. The average Bonchev–Trinajstić information content (AvgIpc) is 2.52. The van der Waals surface area contributed by atoms with Gasteiger partial charge in [0.25, 0.3) is 0 Å². The molecule has 0 bridgehead atoms. The molecule has 0 aliphatic heterocycles. The molecule has 0 atom stereocenters. The Balaban J connectivity index is 2.10. The normalized spacial score (nSPS) is 11.3. The highest BCUT2D eigenvalue weighted by Crippen LogP contribution is 2.21. The van der Waals surface area contributed by atoms with Crippen LogP contribution in [0, 0.1) is 11.2 Å². The molecule has 2 rings (SSSR count). The van der Waals surface area contributed by atoms with Crippen molar-refractivity contribution < 1.29 is 9.18 Å². The zero-order valence-corrected chi connectivity index (χ0v) is 14.6. The lowest BCUT2D eigenvalue weighted by Gasteiger charge is -2.27. The molecule has 0 fully saturated rings. The summed E-state index contributed by atoms with van der Waals surface area (Å²) in [6, 6.07) is 10.5. The lowest BCUT2D eigenvalue weighted by Crippen LogP contribution is -2.35. The second-order valence-electron chi connectivity index (χ2n) is 7.26. The zero-order valence-electron chi connectivity index (χ0n) is 14.6. The number of aromatic nitrogens is 1. The molecule has 1 heterocycles. The monoisotopic (exact) mass is 328 g/mol. The van der Waals surface area contributed by atoms with E-state index in [4.69, 9.17) is 0 Å². The topological polar surface area (TPSA) is 33.2 Å². The Labute approximate surface area is 143 Å². The van der Waals surface area contributed by atoms with E-state index in [9.17, 15) is 9.18 Å². The van der Waals surface area contributed by atoms with Gasteiger partial charge in [0.1, 0.15) is 5.82 Å². The van der Waals surface area contributed by atoms with Crippen LogP contribution in [0.25, 0.3) is 0 Å². The lowest BCUT2D eigenvalue weighted by molar-refractivity contribution is -0.133. The quantitative estimate of drug-likeness (QED) is 0.795. The maximum Gasteiger partial charge on any atom is 0.223 e. The Bertz CT molecular complexity index is 665. The van der Waals surface area contributed by atoms with E-state index in [1.54, 1.807) is 29.4 Å². The van der Waals surface area contributed by atoms with E-state index in [0.29, 0.717) is 31.5 Å². The third kappa shape index (κ3) is 5.76. The van der Waals surface area contributed by atoms with Crippen molar-refractivity contribution in [1.82, 2.24) is 9.88 Å². The van der Waals surface area contributed by atoms with Gasteiger partial charge in [-0.05, 0) is 35.1 Å². The van der Waals surface area contributed by atoms with Gasteiger partial charge in [-0.15, -0.1) is 0 Å². The first-order chi connectivity index (χ1) is 11.3. The number of hydrogen-bond donors (Lipinski definition) is 0. The highest BCUT2D eigenvalue weighted by molar-refractivity contribution is 5.76. The molecule has 1 aromatic carbocycles. The smallest absolute Gasteiger partial charge is 0.223 e. The molecule has 24 heavy (non-hydrogen) atoms. The number of hydrogen-bond acceptors (Lipinski definition) is 2. The SMILES string of the molecule is CC(C)(C)CC(=O)N(CCc1ccccc1F)Cc1cccnc1. The lowest BCUT2D eigenvalue weighted by atomic mass is 9.91. The van der Waals surface area contributed by atoms with Gasteiger partial charge in [0.2, 0.25) is 5.91 Å². The van der Waals surface area contributed by atoms with Crippen LogP contribution in [0.15, 0.2) is 48.8 Å². The molecular weight excluding hydrogens is 303 g/mol. The molecule has 0 aliphatic rings. The summed E-state index contributed by atoms with van der Waals surface area (Å²) in [6.45, 7) is 7.12. The summed E-state index contributed by atoms with van der Waals surface area (Å²) in [6.07, 6.45) is 4.44. The summed E-state index contributed by atoms with van der Waals surface area (Å²) in [5, 5.41) is 0. The molecule has 0 N–H and O–H groups in total. The molecule has 2 aromatic rings. The van der Waals surface area contributed by atoms with Crippen molar-refractivity contribution in [3.8, 4) is 0 Å². The molecule has 128 valence electrons. The standard InChI is InChI=1S/C20H25FN2O/c1-20(2,3)13-19(24)23(15-16-7-6-11-22-14-16)12-10-17-8-4-5-9-18(17)21/h4-9,11,14H,10,12-13,15H2,1-3H3. The summed E-state index contributed by atoms with van der Waals surface area (Å²) in [7, 11) is 0. The molecule has 0 saturated heterocycles. The number of halogens is 1. The van der Waals surface area contributed by atoms with Crippen LogP contribution in [0.1, 0.15) is 38.3 Å². The van der Waals surface area contributed by atoms with Crippen molar-refractivity contribution in [2.24, 2.45) is 5.41 Å². The van der Waals surface area contributed by atoms with E-state index >= 15 is 0 Å². The highest BCUT2D eigenvalue weighted by Gasteiger charge is 2.21. The van der Waals surface area contributed by atoms with Crippen LogP contribution >= 0.6 is 0 Å². The van der Waals surface area contributed by atoms with Gasteiger partial charge in [-0.2, -0.15) is 0 Å². The zero-order chi connectivity index (χ0) is 17.6. The maximum atomic E-state index is 13.8. The minimum atomic E-state index is -0.220. The van der Waals surface area contributed by atoms with Gasteiger partial charge in [-0.25, -0.2) is 4.39 Å². The van der Waals surface area contributed by atoms with Crippen molar-refractivity contribution in [2.45, 2.75) is 40.2 Å². The van der Waals surface area contributed by atoms with Crippen molar-refractivity contribution in [3.63, 3.8) is 0 Å². The number of nitrogens with zero attached hydrogens (tertiary/aromatic N) is 2. The Hall–Kier alpha value is -2.23. The van der Waals surface area contributed by atoms with Crippen LogP contribution in [-0.2, 0) is 17.8 Å². The third-order valence-electron chi connectivity index (χ3n) is 3.74. The number of rotatable bonds is 6. The fourth-order valence-corrected chi connectivity index (χ4v) is 2.53. The molecule has 1 amide bonds. The van der Waals surface area contributed by atoms with Gasteiger partial charge in [-0.1, -0.05) is 45.0 Å². The van der Waals surface area contributed by atoms with Crippen LogP contribution in [0.5, 0.6) is 0 Å². The van der Waals surface area contributed by atoms with Gasteiger partial charge in [-0.3, -0.25) is 9.78 Å². The molecule has 4 heteroatoms. The van der Waals surface area contributed by atoms with Crippen molar-refractivity contribution in [3.05, 3.63) is 65.7 Å². The predicted octanol–water partition coefficient (Wildman–Crippen LogP) is 4.23. The fraction of sp³-hybridized carbons (Fsp3) is 0.400.